The first-order valence-electron chi connectivity index (χ1n) is 5.59. The number of esters is 1. The smallest absolute Gasteiger partial charge is 0.410 e. The van der Waals surface area contributed by atoms with Gasteiger partial charge in [0.1, 0.15) is 12.1 Å². The lowest BCUT2D eigenvalue weighted by Crippen LogP contribution is -2.40. The highest BCUT2D eigenvalue weighted by Crippen LogP contribution is 2.20. The highest BCUT2D eigenvalue weighted by molar-refractivity contribution is 7.86. The molecule has 11 heteroatoms. The number of halogens is 2. The first-order valence-corrected chi connectivity index (χ1v) is 6.99. The zero-order chi connectivity index (χ0) is 17.1. The largest absolute Gasteiger partial charge is 0.743 e. The van der Waals surface area contributed by atoms with Crippen molar-refractivity contribution in [1.29, 1.82) is 0 Å². The Hall–Kier alpha value is -1.49. The van der Waals surface area contributed by atoms with E-state index < -0.39 is 46.2 Å². The van der Waals surface area contributed by atoms with Crippen molar-refractivity contribution in [2.24, 2.45) is 0 Å². The summed E-state index contributed by atoms with van der Waals surface area (Å²) in [7, 11) is -4.78. The zero-order valence-corrected chi connectivity index (χ0v) is 12.7. The first-order chi connectivity index (χ1) is 9.16. The quantitative estimate of drug-likeness (QED) is 0.533. The van der Waals surface area contributed by atoms with Crippen molar-refractivity contribution < 1.29 is 40.8 Å². The van der Waals surface area contributed by atoms with E-state index in [1.54, 1.807) is 20.8 Å². The van der Waals surface area contributed by atoms with E-state index in [1.165, 1.54) is 0 Å². The number of carbonyl (C=O) groups excluding carboxylic acids is 2. The number of hydrogen-bond donors (Lipinski definition) is 0. The Morgan fingerprint density at radius 2 is 1.71 bits per heavy atom. The van der Waals surface area contributed by atoms with Crippen molar-refractivity contribution in [3.63, 3.8) is 0 Å². The zero-order valence-electron chi connectivity index (χ0n) is 11.9. The molecule has 0 aliphatic heterocycles. The summed E-state index contributed by atoms with van der Waals surface area (Å²) in [5, 5.41) is -4.73. The molecule has 0 bridgehead atoms. The van der Waals surface area contributed by atoms with Gasteiger partial charge in [0.25, 0.3) is 0 Å². The highest BCUT2D eigenvalue weighted by atomic mass is 32.2. The molecule has 0 aliphatic rings. The molecule has 1 amide bonds. The molecular formula is C10H16F2NO7S-. The van der Waals surface area contributed by atoms with Crippen LogP contribution in [0.3, 0.4) is 0 Å². The van der Waals surface area contributed by atoms with Crippen LogP contribution in [0, 0.1) is 0 Å². The Balaban J connectivity index is 4.43. The molecule has 0 saturated carbocycles. The third kappa shape index (κ3) is 7.18. The standard InChI is InChI=1S/C10H17F2NO7S/c1-9(2,3)20-8(15)13(4)5-7(14)19-6-10(11,12)21(16,17)18/h5-6H2,1-4H3,(H,16,17,18)/p-1. The summed E-state index contributed by atoms with van der Waals surface area (Å²) in [5.41, 5.74) is -0.821. The van der Waals surface area contributed by atoms with Crippen molar-refractivity contribution in [3.8, 4) is 0 Å². The van der Waals surface area contributed by atoms with Crippen molar-refractivity contribution in [1.82, 2.24) is 4.90 Å². The fourth-order valence-electron chi connectivity index (χ4n) is 0.880. The maximum absolute atomic E-state index is 12.7. The third-order valence-corrected chi connectivity index (χ3v) is 2.69. The minimum Gasteiger partial charge on any atom is -0.743 e. The highest BCUT2D eigenvalue weighted by Gasteiger charge is 2.39. The van der Waals surface area contributed by atoms with E-state index in [0.717, 1.165) is 11.9 Å². The third-order valence-electron chi connectivity index (χ3n) is 1.84. The SMILES string of the molecule is CN(CC(=O)OCC(F)(F)S(=O)(=O)[O-])C(=O)OC(C)(C)C. The lowest BCUT2D eigenvalue weighted by Gasteiger charge is -2.24. The Morgan fingerprint density at radius 3 is 2.10 bits per heavy atom. The number of nitrogens with zero attached hydrogens (tertiary/aromatic N) is 1. The number of carbonyl (C=O) groups is 2. The van der Waals surface area contributed by atoms with Gasteiger partial charge in [-0.15, -0.1) is 0 Å². The molecule has 0 spiro atoms. The molecule has 124 valence electrons. The van der Waals surface area contributed by atoms with Gasteiger partial charge in [-0.05, 0) is 20.8 Å². The van der Waals surface area contributed by atoms with E-state index in [-0.39, 0.29) is 0 Å². The summed E-state index contributed by atoms with van der Waals surface area (Å²) in [5.74, 6) is -1.31. The van der Waals surface area contributed by atoms with Gasteiger partial charge >= 0.3 is 17.3 Å². The van der Waals surface area contributed by atoms with Gasteiger partial charge < -0.3 is 18.9 Å². The molecule has 0 N–H and O–H groups in total. The van der Waals surface area contributed by atoms with Gasteiger partial charge in [-0.2, -0.15) is 8.78 Å². The van der Waals surface area contributed by atoms with Crippen LogP contribution in [-0.2, 0) is 24.4 Å². The van der Waals surface area contributed by atoms with Crippen LogP contribution in [0.5, 0.6) is 0 Å². The second-order valence-corrected chi connectivity index (χ2v) is 6.59. The number of rotatable bonds is 5. The van der Waals surface area contributed by atoms with Gasteiger partial charge in [0.2, 0.25) is 0 Å². The van der Waals surface area contributed by atoms with E-state index in [9.17, 15) is 31.3 Å². The molecular weight excluding hydrogens is 316 g/mol. The van der Waals surface area contributed by atoms with Crippen LogP contribution in [0.2, 0.25) is 0 Å². The first kappa shape index (κ1) is 19.5. The minimum atomic E-state index is -5.93. The predicted molar refractivity (Wildman–Crippen MR) is 64.5 cm³/mol. The molecule has 0 saturated heterocycles. The van der Waals surface area contributed by atoms with Crippen LogP contribution < -0.4 is 0 Å². The number of amides is 1. The van der Waals surface area contributed by atoms with E-state index in [1.807, 2.05) is 0 Å². The van der Waals surface area contributed by atoms with E-state index in [2.05, 4.69) is 4.74 Å². The molecule has 0 unspecified atom stereocenters. The summed E-state index contributed by atoms with van der Waals surface area (Å²) in [6.07, 6.45) is -0.900. The van der Waals surface area contributed by atoms with Crippen LogP contribution in [-0.4, -0.2) is 61.0 Å². The minimum absolute atomic E-state index is 0.746. The summed E-state index contributed by atoms with van der Waals surface area (Å²) < 4.78 is 64.8. The fourth-order valence-corrected chi connectivity index (χ4v) is 1.08. The summed E-state index contributed by atoms with van der Waals surface area (Å²) in [6, 6.07) is 0. The van der Waals surface area contributed by atoms with Crippen molar-refractivity contribution in [2.75, 3.05) is 20.2 Å². The molecule has 0 aromatic rings. The fraction of sp³-hybridized carbons (Fsp3) is 0.800. The Labute approximate surface area is 120 Å². The lowest BCUT2D eigenvalue weighted by atomic mass is 10.2. The van der Waals surface area contributed by atoms with Crippen LogP contribution in [0.1, 0.15) is 20.8 Å². The summed E-state index contributed by atoms with van der Waals surface area (Å²) in [4.78, 5) is 23.4. The maximum atomic E-state index is 12.7. The molecule has 0 radical (unpaired) electrons. The lowest BCUT2D eigenvalue weighted by molar-refractivity contribution is -0.150. The molecule has 0 fully saturated rings. The van der Waals surface area contributed by atoms with Gasteiger partial charge in [-0.3, -0.25) is 4.79 Å². The van der Waals surface area contributed by atoms with Crippen LogP contribution in [0.25, 0.3) is 0 Å². The predicted octanol–water partition coefficient (Wildman–Crippen LogP) is 0.534. The Bertz CT molecular complexity index is 498. The number of likely N-dealkylation sites (N-methyl/N-ethyl adjacent to an activating group) is 1. The monoisotopic (exact) mass is 332 g/mol. The van der Waals surface area contributed by atoms with E-state index in [4.69, 9.17) is 4.74 Å². The molecule has 8 nitrogen and oxygen atoms in total. The Kier molecular flexibility index (Phi) is 6.05. The van der Waals surface area contributed by atoms with Crippen molar-refractivity contribution in [3.05, 3.63) is 0 Å². The average Bonchev–Trinajstić information content (AvgIpc) is 2.22. The molecule has 0 aromatic carbocycles. The Morgan fingerprint density at radius 1 is 1.24 bits per heavy atom. The summed E-state index contributed by atoms with van der Waals surface area (Å²) >= 11 is 0. The molecule has 0 aromatic heterocycles. The second-order valence-electron chi connectivity index (χ2n) is 5.09. The van der Waals surface area contributed by atoms with Crippen LogP contribution in [0.15, 0.2) is 0 Å². The van der Waals surface area contributed by atoms with Crippen LogP contribution in [0.4, 0.5) is 13.6 Å². The van der Waals surface area contributed by atoms with Gasteiger partial charge in [0, 0.05) is 7.05 Å². The average molecular weight is 332 g/mol. The maximum Gasteiger partial charge on any atom is 0.410 e. The van der Waals surface area contributed by atoms with E-state index in [0.29, 0.717) is 0 Å². The number of hydrogen-bond acceptors (Lipinski definition) is 7. The van der Waals surface area contributed by atoms with E-state index >= 15 is 0 Å². The molecule has 0 aliphatic carbocycles. The van der Waals surface area contributed by atoms with Crippen LogP contribution >= 0.6 is 0 Å². The number of alkyl halides is 2. The second kappa shape index (κ2) is 6.52. The van der Waals surface area contributed by atoms with Gasteiger partial charge in [-0.25, -0.2) is 13.2 Å². The number of ether oxygens (including phenoxy) is 2. The van der Waals surface area contributed by atoms with Crippen molar-refractivity contribution in [2.45, 2.75) is 31.6 Å². The summed E-state index contributed by atoms with van der Waals surface area (Å²) in [6.45, 7) is 2.08. The van der Waals surface area contributed by atoms with Gasteiger partial charge in [0.05, 0.1) is 0 Å². The van der Waals surface area contributed by atoms with Crippen molar-refractivity contribution >= 4 is 22.2 Å². The normalized spacial score (nSPS) is 12.7. The van der Waals surface area contributed by atoms with Gasteiger partial charge in [0.15, 0.2) is 16.7 Å². The van der Waals surface area contributed by atoms with Gasteiger partial charge in [-0.1, -0.05) is 0 Å². The topological polar surface area (TPSA) is 113 Å². The molecule has 0 heterocycles. The molecule has 21 heavy (non-hydrogen) atoms. The molecule has 0 atom stereocenters. The molecule has 0 rings (SSSR count).